The first-order valence-corrected chi connectivity index (χ1v) is 12.0. The van der Waals surface area contributed by atoms with Crippen LogP contribution in [0.1, 0.15) is 46.6 Å². The largest absolute Gasteiger partial charge is 0.481 e. The van der Waals surface area contributed by atoms with Crippen molar-refractivity contribution in [2.75, 3.05) is 25.1 Å². The number of carboxylic acids is 1. The first-order chi connectivity index (χ1) is 17.7. The number of aryl methyl sites for hydroxylation is 3. The Balaban J connectivity index is 0.000000312. The van der Waals surface area contributed by atoms with E-state index in [1.54, 1.807) is 6.92 Å². The van der Waals surface area contributed by atoms with Crippen LogP contribution in [0, 0.1) is 6.92 Å². The van der Waals surface area contributed by atoms with Gasteiger partial charge in [-0.3, -0.25) is 14.6 Å². The summed E-state index contributed by atoms with van der Waals surface area (Å²) in [5, 5.41) is 11.1. The van der Waals surface area contributed by atoms with E-state index in [0.29, 0.717) is 12.1 Å². The summed E-state index contributed by atoms with van der Waals surface area (Å²) in [6.45, 7) is 2.45. The van der Waals surface area contributed by atoms with Gasteiger partial charge in [0, 0.05) is 20.0 Å². The summed E-state index contributed by atoms with van der Waals surface area (Å²) in [6.07, 6.45) is 5.26. The molecule has 1 amide bonds. The van der Waals surface area contributed by atoms with Gasteiger partial charge in [0.05, 0.1) is 12.0 Å². The Morgan fingerprint density at radius 2 is 1.70 bits per heavy atom. The number of hydrogen-bond donors (Lipinski definition) is 5. The number of hydrogen-bond acceptors (Lipinski definition) is 7. The van der Waals surface area contributed by atoms with Crippen LogP contribution in [-0.4, -0.2) is 46.9 Å². The number of amides is 1. The lowest BCUT2D eigenvalue weighted by atomic mass is 9.99. The Labute approximate surface area is 217 Å². The second-order valence-electron chi connectivity index (χ2n) is 8.31. The summed E-state index contributed by atoms with van der Waals surface area (Å²) in [5.41, 5.74) is 21.4. The van der Waals surface area contributed by atoms with Gasteiger partial charge >= 0.3 is 5.97 Å². The van der Waals surface area contributed by atoms with Crippen molar-refractivity contribution in [1.82, 2.24) is 15.3 Å². The van der Waals surface area contributed by atoms with Gasteiger partial charge in [0.1, 0.15) is 5.82 Å². The normalized spacial score (nSPS) is 10.5. The molecule has 1 aromatic heterocycles. The van der Waals surface area contributed by atoms with Gasteiger partial charge in [0.25, 0.3) is 5.91 Å². The average molecular weight is 506 g/mol. The molecule has 0 spiro atoms. The highest BCUT2D eigenvalue weighted by Gasteiger charge is 2.12. The van der Waals surface area contributed by atoms with Crippen molar-refractivity contribution >= 4 is 29.9 Å². The number of aromatic nitrogens is 2. The van der Waals surface area contributed by atoms with E-state index in [9.17, 15) is 9.59 Å². The van der Waals surface area contributed by atoms with Gasteiger partial charge in [0.2, 0.25) is 0 Å². The number of aliphatic imine (C=N–C) groups is 1. The van der Waals surface area contributed by atoms with Crippen LogP contribution in [-0.2, 0) is 17.6 Å². The highest BCUT2D eigenvalue weighted by atomic mass is 16.4. The minimum atomic E-state index is -0.760. The van der Waals surface area contributed by atoms with Crippen molar-refractivity contribution in [2.24, 2.45) is 10.7 Å². The molecule has 0 bridgehead atoms. The van der Waals surface area contributed by atoms with E-state index in [2.05, 4.69) is 56.7 Å². The predicted octanol–water partition coefficient (Wildman–Crippen LogP) is 2.99. The fourth-order valence-electron chi connectivity index (χ4n) is 3.46. The second kappa shape index (κ2) is 14.8. The Hall–Kier alpha value is -4.47. The smallest absolute Gasteiger partial charge is 0.303 e. The number of carboxylic acid groups (broad SMARTS) is 1. The van der Waals surface area contributed by atoms with Gasteiger partial charge in [-0.15, -0.1) is 0 Å². The minimum absolute atomic E-state index is 0.0439. The molecule has 0 saturated carbocycles. The molecule has 0 unspecified atom stereocenters. The molecule has 37 heavy (non-hydrogen) atoms. The third-order valence-electron chi connectivity index (χ3n) is 5.53. The topological polar surface area (TPSA) is 183 Å². The number of anilines is 2. The summed E-state index contributed by atoms with van der Waals surface area (Å²) in [5.74, 6) is -0.843. The van der Waals surface area contributed by atoms with Crippen LogP contribution in [0.5, 0.6) is 0 Å². The van der Waals surface area contributed by atoms with Crippen LogP contribution in [0.4, 0.5) is 11.6 Å². The Kier molecular flexibility index (Phi) is 11.5. The highest BCUT2D eigenvalue weighted by Crippen LogP contribution is 2.22. The molecule has 0 atom stereocenters. The average Bonchev–Trinajstić information content (AvgIpc) is 2.90. The molecule has 8 N–H and O–H groups in total. The minimum Gasteiger partial charge on any atom is -0.481 e. The molecule has 1 heterocycles. The van der Waals surface area contributed by atoms with Crippen molar-refractivity contribution in [3.8, 4) is 11.1 Å². The van der Waals surface area contributed by atoms with Gasteiger partial charge in [-0.1, -0.05) is 48.5 Å². The van der Waals surface area contributed by atoms with E-state index < -0.39 is 5.97 Å². The van der Waals surface area contributed by atoms with E-state index in [-0.39, 0.29) is 29.7 Å². The number of carbonyl (C=O) groups is 2. The van der Waals surface area contributed by atoms with Crippen LogP contribution >= 0.6 is 0 Å². The van der Waals surface area contributed by atoms with Crippen LogP contribution < -0.4 is 22.5 Å². The number of carbonyl (C=O) groups excluding carboxylic acids is 1. The van der Waals surface area contributed by atoms with E-state index >= 15 is 0 Å². The van der Waals surface area contributed by atoms with Gasteiger partial charge in [-0.05, 0) is 54.9 Å². The Bertz CT molecular complexity index is 1210. The lowest BCUT2D eigenvalue weighted by Crippen LogP contribution is -2.22. The maximum Gasteiger partial charge on any atom is 0.303 e. The van der Waals surface area contributed by atoms with E-state index in [1.807, 2.05) is 12.1 Å². The van der Waals surface area contributed by atoms with E-state index in [4.69, 9.17) is 22.3 Å². The van der Waals surface area contributed by atoms with Gasteiger partial charge in [0.15, 0.2) is 11.5 Å². The fraction of sp³-hybridized carbons (Fsp3) is 0.296. The summed E-state index contributed by atoms with van der Waals surface area (Å²) < 4.78 is 0. The molecule has 3 rings (SSSR count). The van der Waals surface area contributed by atoms with Crippen molar-refractivity contribution < 1.29 is 14.7 Å². The molecular weight excluding hydrogens is 470 g/mol. The maximum absolute atomic E-state index is 11.2. The number of rotatable bonds is 10. The molecule has 2 aromatic carbocycles. The van der Waals surface area contributed by atoms with Crippen molar-refractivity contribution in [2.45, 2.75) is 39.0 Å². The summed E-state index contributed by atoms with van der Waals surface area (Å²) >= 11 is 0. The highest BCUT2D eigenvalue weighted by molar-refractivity contribution is 5.96. The quantitative estimate of drug-likeness (QED) is 0.158. The number of nitrogens with one attached hydrogen (secondary N) is 1. The van der Waals surface area contributed by atoms with E-state index in [1.165, 1.54) is 24.5 Å². The number of aliphatic carboxylic acids is 1. The molecule has 3 aromatic rings. The lowest BCUT2D eigenvalue weighted by molar-refractivity contribution is -0.136. The van der Waals surface area contributed by atoms with Crippen LogP contribution in [0.3, 0.4) is 0 Å². The second-order valence-corrected chi connectivity index (χ2v) is 8.31. The Morgan fingerprint density at radius 3 is 2.35 bits per heavy atom. The van der Waals surface area contributed by atoms with E-state index in [0.717, 1.165) is 36.9 Å². The third-order valence-corrected chi connectivity index (χ3v) is 5.53. The first-order valence-electron chi connectivity index (χ1n) is 12.0. The van der Waals surface area contributed by atoms with Crippen LogP contribution in [0.15, 0.2) is 53.5 Å². The van der Waals surface area contributed by atoms with Crippen LogP contribution in [0.2, 0.25) is 0 Å². The molecule has 0 radical (unpaired) electrons. The standard InChI is InChI=1S/C20H24N2O2.C7H11N5O/c21-15-22-13-2-1-4-17-5-3-6-19(14-17)18-10-7-16(8-11-18)9-12-20(23)24;1-3-5(8)12-6(9)4(11-3)7(13)10-2/h3,5-8,10-11,14-15H,1-2,4,9,12-13H2,(H2,21,22)(H,23,24);1-2H3,(H,10,13)(H4,8,9,12). The molecule has 0 aliphatic heterocycles. The van der Waals surface area contributed by atoms with Crippen molar-refractivity contribution in [3.05, 3.63) is 71.0 Å². The zero-order chi connectivity index (χ0) is 27.2. The number of benzene rings is 2. The molecular formula is C27H35N7O3. The maximum atomic E-state index is 11.2. The molecule has 0 fully saturated rings. The first kappa shape index (κ1) is 28.8. The zero-order valence-corrected chi connectivity index (χ0v) is 21.3. The number of nitrogens with zero attached hydrogens (tertiary/aromatic N) is 3. The molecule has 10 heteroatoms. The number of unbranched alkanes of at least 4 members (excludes halogenated alkanes) is 1. The van der Waals surface area contributed by atoms with Gasteiger partial charge < -0.3 is 27.6 Å². The predicted molar refractivity (Wildman–Crippen MR) is 147 cm³/mol. The SMILES string of the molecule is CNC(=O)c1nc(C)c(N)nc1N.NC=NCCCCc1cccc(-c2ccc(CCC(=O)O)cc2)c1. The molecule has 10 nitrogen and oxygen atoms in total. The summed E-state index contributed by atoms with van der Waals surface area (Å²) in [6, 6.07) is 16.7. The molecule has 0 aliphatic rings. The summed E-state index contributed by atoms with van der Waals surface area (Å²) in [4.78, 5) is 33.5. The van der Waals surface area contributed by atoms with Gasteiger partial charge in [-0.2, -0.15) is 0 Å². The van der Waals surface area contributed by atoms with Crippen molar-refractivity contribution in [3.63, 3.8) is 0 Å². The summed E-state index contributed by atoms with van der Waals surface area (Å²) in [7, 11) is 1.50. The monoisotopic (exact) mass is 505 g/mol. The number of nitrogen functional groups attached to an aromatic ring is 2. The molecule has 0 saturated heterocycles. The zero-order valence-electron chi connectivity index (χ0n) is 21.3. The third kappa shape index (κ3) is 9.60. The number of nitrogens with two attached hydrogens (primary N) is 3. The molecule has 196 valence electrons. The lowest BCUT2D eigenvalue weighted by Gasteiger charge is -2.07. The van der Waals surface area contributed by atoms with Crippen molar-refractivity contribution in [1.29, 1.82) is 0 Å². The molecule has 0 aliphatic carbocycles. The fourth-order valence-corrected chi connectivity index (χ4v) is 3.46. The van der Waals surface area contributed by atoms with Gasteiger partial charge in [-0.25, -0.2) is 9.97 Å². The Morgan fingerprint density at radius 1 is 0.973 bits per heavy atom. The van der Waals surface area contributed by atoms with Crippen LogP contribution in [0.25, 0.3) is 11.1 Å².